The minimum Gasteiger partial charge on any atom is -0.340 e. The second kappa shape index (κ2) is 6.58. The molecule has 0 atom stereocenters. The van der Waals surface area contributed by atoms with E-state index in [1.807, 2.05) is 47.4 Å². The van der Waals surface area contributed by atoms with E-state index >= 15 is 0 Å². The number of piperidine rings is 1. The number of rotatable bonds is 3. The van der Waals surface area contributed by atoms with Crippen LogP contribution in [-0.2, 0) is 0 Å². The van der Waals surface area contributed by atoms with Crippen molar-refractivity contribution in [3.63, 3.8) is 0 Å². The van der Waals surface area contributed by atoms with Gasteiger partial charge in [-0.15, -0.1) is 0 Å². The number of hydrogen-bond donors (Lipinski definition) is 2. The van der Waals surface area contributed by atoms with Crippen LogP contribution in [0.15, 0.2) is 48.5 Å². The molecule has 2 aromatic rings. The van der Waals surface area contributed by atoms with Crippen LogP contribution in [0.3, 0.4) is 0 Å². The lowest BCUT2D eigenvalue weighted by Gasteiger charge is -2.29. The van der Waals surface area contributed by atoms with Crippen molar-refractivity contribution in [3.8, 4) is 0 Å². The van der Waals surface area contributed by atoms with Crippen molar-refractivity contribution in [2.45, 2.75) is 18.9 Å². The Balaban J connectivity index is 1.72. The van der Waals surface area contributed by atoms with Gasteiger partial charge in [-0.3, -0.25) is 4.79 Å². The predicted octanol–water partition coefficient (Wildman–Crippen LogP) is 2.39. The molecule has 0 aliphatic carbocycles. The van der Waals surface area contributed by atoms with E-state index in [4.69, 9.17) is 5.73 Å². The van der Waals surface area contributed by atoms with Gasteiger partial charge in [0.15, 0.2) is 0 Å². The Bertz CT molecular complexity index is 636. The normalized spacial score (nSPS) is 15.6. The fourth-order valence-corrected chi connectivity index (χ4v) is 2.56. The van der Waals surface area contributed by atoms with Gasteiger partial charge in [-0.2, -0.15) is 0 Å². The summed E-state index contributed by atoms with van der Waals surface area (Å²) < 4.78 is 0. The second-order valence-corrected chi connectivity index (χ2v) is 5.53. The highest BCUT2D eigenvalue weighted by molar-refractivity contribution is 5.92. The highest BCUT2D eigenvalue weighted by atomic mass is 16.2. The molecule has 0 unspecified atom stereocenters. The van der Waals surface area contributed by atoms with Crippen LogP contribution in [0.2, 0.25) is 0 Å². The summed E-state index contributed by atoms with van der Waals surface area (Å²) in [5.74, 6) is 0.648. The number of nitrogens with zero attached hydrogens (tertiary/aromatic N) is 2. The maximum Gasteiger partial charge on any atom is 0.272 e. The third-order valence-electron chi connectivity index (χ3n) is 3.84. The van der Waals surface area contributed by atoms with Crippen molar-refractivity contribution < 1.29 is 4.79 Å². The van der Waals surface area contributed by atoms with E-state index < -0.39 is 0 Å². The molecule has 0 saturated carbocycles. The van der Waals surface area contributed by atoms with Crippen molar-refractivity contribution >= 4 is 17.4 Å². The standard InChI is InChI=1S/C17H20N4O/c18-13-9-11-21(12-10-13)17(22)15-7-4-8-16(20-15)19-14-5-2-1-3-6-14/h1-8,13H,9-12,18H2,(H,19,20). The lowest BCUT2D eigenvalue weighted by Crippen LogP contribution is -2.43. The third kappa shape index (κ3) is 3.43. The number of nitrogens with two attached hydrogens (primary N) is 1. The molecule has 1 aliphatic rings. The zero-order valence-corrected chi connectivity index (χ0v) is 12.4. The van der Waals surface area contributed by atoms with E-state index in [0.29, 0.717) is 24.6 Å². The number of carbonyl (C=O) groups excluding carboxylic acids is 1. The zero-order chi connectivity index (χ0) is 15.4. The van der Waals surface area contributed by atoms with Gasteiger partial charge in [-0.1, -0.05) is 24.3 Å². The maximum atomic E-state index is 12.5. The first-order chi connectivity index (χ1) is 10.7. The van der Waals surface area contributed by atoms with Crippen molar-refractivity contribution in [2.24, 2.45) is 5.73 Å². The third-order valence-corrected chi connectivity index (χ3v) is 3.84. The minimum absolute atomic E-state index is 0.0244. The average molecular weight is 296 g/mol. The van der Waals surface area contributed by atoms with Gasteiger partial charge >= 0.3 is 0 Å². The van der Waals surface area contributed by atoms with E-state index in [-0.39, 0.29) is 11.9 Å². The second-order valence-electron chi connectivity index (χ2n) is 5.53. The molecule has 22 heavy (non-hydrogen) atoms. The lowest BCUT2D eigenvalue weighted by molar-refractivity contribution is 0.0709. The Hall–Kier alpha value is -2.40. The number of likely N-dealkylation sites (tertiary alicyclic amines) is 1. The zero-order valence-electron chi connectivity index (χ0n) is 12.4. The molecule has 1 fully saturated rings. The molecule has 1 amide bonds. The maximum absolute atomic E-state index is 12.5. The Kier molecular flexibility index (Phi) is 4.34. The van der Waals surface area contributed by atoms with E-state index in [9.17, 15) is 4.79 Å². The summed E-state index contributed by atoms with van der Waals surface area (Å²) in [6.45, 7) is 1.41. The van der Waals surface area contributed by atoms with Crippen LogP contribution in [0.1, 0.15) is 23.3 Å². The summed E-state index contributed by atoms with van der Waals surface area (Å²) in [6.07, 6.45) is 1.71. The summed E-state index contributed by atoms with van der Waals surface area (Å²) >= 11 is 0. The average Bonchev–Trinajstić information content (AvgIpc) is 2.56. The topological polar surface area (TPSA) is 71.2 Å². The SMILES string of the molecule is NC1CCN(C(=O)c2cccc(Nc3ccccc3)n2)CC1. The Labute approximate surface area is 130 Å². The molecule has 0 spiro atoms. The first kappa shape index (κ1) is 14.5. The number of benzene rings is 1. The molecule has 5 heteroatoms. The van der Waals surface area contributed by atoms with Crippen LogP contribution < -0.4 is 11.1 Å². The predicted molar refractivity (Wildman–Crippen MR) is 87.1 cm³/mol. The van der Waals surface area contributed by atoms with Crippen molar-refractivity contribution in [1.82, 2.24) is 9.88 Å². The molecule has 3 N–H and O–H groups in total. The molecule has 1 aromatic heterocycles. The number of pyridine rings is 1. The summed E-state index contributed by atoms with van der Waals surface area (Å²) in [7, 11) is 0. The van der Waals surface area contributed by atoms with Gasteiger partial charge in [-0.25, -0.2) is 4.98 Å². The largest absolute Gasteiger partial charge is 0.340 e. The van der Waals surface area contributed by atoms with Crippen LogP contribution >= 0.6 is 0 Å². The highest BCUT2D eigenvalue weighted by Gasteiger charge is 2.22. The first-order valence-electron chi connectivity index (χ1n) is 7.56. The summed E-state index contributed by atoms with van der Waals surface area (Å²) in [6, 6.07) is 15.5. The van der Waals surface area contributed by atoms with Crippen LogP contribution in [0.5, 0.6) is 0 Å². The molecule has 5 nitrogen and oxygen atoms in total. The summed E-state index contributed by atoms with van der Waals surface area (Å²) in [4.78, 5) is 18.8. The number of anilines is 2. The molecule has 114 valence electrons. The number of amides is 1. The Morgan fingerprint density at radius 3 is 2.55 bits per heavy atom. The smallest absolute Gasteiger partial charge is 0.272 e. The van der Waals surface area contributed by atoms with Gasteiger partial charge in [0.05, 0.1) is 0 Å². The Morgan fingerprint density at radius 2 is 1.82 bits per heavy atom. The molecular weight excluding hydrogens is 276 g/mol. The van der Waals surface area contributed by atoms with E-state index in [2.05, 4.69) is 10.3 Å². The monoisotopic (exact) mass is 296 g/mol. The quantitative estimate of drug-likeness (QED) is 0.912. The van der Waals surface area contributed by atoms with Gasteiger partial charge in [0.25, 0.3) is 5.91 Å². The summed E-state index contributed by atoms with van der Waals surface area (Å²) in [5, 5.41) is 3.21. The van der Waals surface area contributed by atoms with Gasteiger partial charge in [0.1, 0.15) is 11.5 Å². The number of carbonyl (C=O) groups is 1. The summed E-state index contributed by atoms with van der Waals surface area (Å²) in [5.41, 5.74) is 7.30. The van der Waals surface area contributed by atoms with Crippen LogP contribution in [0, 0.1) is 0 Å². The number of para-hydroxylation sites is 1. The highest BCUT2D eigenvalue weighted by Crippen LogP contribution is 2.16. The number of hydrogen-bond acceptors (Lipinski definition) is 4. The van der Waals surface area contributed by atoms with Gasteiger partial charge in [0, 0.05) is 24.8 Å². The van der Waals surface area contributed by atoms with Crippen molar-refractivity contribution in [3.05, 3.63) is 54.2 Å². The lowest BCUT2D eigenvalue weighted by atomic mass is 10.1. The molecule has 1 aromatic carbocycles. The molecule has 0 radical (unpaired) electrons. The van der Waals surface area contributed by atoms with Crippen LogP contribution in [-0.4, -0.2) is 34.9 Å². The Morgan fingerprint density at radius 1 is 1.09 bits per heavy atom. The van der Waals surface area contributed by atoms with E-state index in [1.165, 1.54) is 0 Å². The molecule has 3 rings (SSSR count). The molecule has 2 heterocycles. The minimum atomic E-state index is -0.0244. The number of nitrogens with one attached hydrogen (secondary N) is 1. The fourth-order valence-electron chi connectivity index (χ4n) is 2.56. The van der Waals surface area contributed by atoms with E-state index in [1.54, 1.807) is 6.07 Å². The molecule has 1 saturated heterocycles. The van der Waals surface area contributed by atoms with Gasteiger partial charge in [-0.05, 0) is 37.1 Å². The van der Waals surface area contributed by atoms with E-state index in [0.717, 1.165) is 18.5 Å². The molecule has 1 aliphatic heterocycles. The van der Waals surface area contributed by atoms with Crippen LogP contribution in [0.25, 0.3) is 0 Å². The van der Waals surface area contributed by atoms with Crippen molar-refractivity contribution in [2.75, 3.05) is 18.4 Å². The van der Waals surface area contributed by atoms with Crippen LogP contribution in [0.4, 0.5) is 11.5 Å². The molecule has 0 bridgehead atoms. The number of aromatic nitrogens is 1. The van der Waals surface area contributed by atoms with Gasteiger partial charge < -0.3 is 16.0 Å². The van der Waals surface area contributed by atoms with Gasteiger partial charge in [0.2, 0.25) is 0 Å². The molecular formula is C17H20N4O. The van der Waals surface area contributed by atoms with Crippen molar-refractivity contribution in [1.29, 1.82) is 0 Å². The fraction of sp³-hybridized carbons (Fsp3) is 0.294. The first-order valence-corrected chi connectivity index (χ1v) is 7.56.